The number of carbonyl (C=O) groups is 2. The molecule has 0 unspecified atom stereocenters. The van der Waals surface area contributed by atoms with Crippen molar-refractivity contribution in [1.29, 1.82) is 0 Å². The first kappa shape index (κ1) is 19.3. The summed E-state index contributed by atoms with van der Waals surface area (Å²) < 4.78 is 7.07. The molecule has 0 aliphatic carbocycles. The van der Waals surface area contributed by atoms with Crippen molar-refractivity contribution in [2.75, 3.05) is 0 Å². The quantitative estimate of drug-likeness (QED) is 0.731. The van der Waals surface area contributed by atoms with Crippen LogP contribution < -0.4 is 16.2 Å². The number of urea groups is 1. The summed E-state index contributed by atoms with van der Waals surface area (Å²) in [5, 5.41) is 2.68. The van der Waals surface area contributed by atoms with E-state index in [1.807, 2.05) is 42.0 Å². The fraction of sp³-hybridized carbons (Fsp3) is 0.389. The number of ether oxygens (including phenoxy) is 1. The molecule has 26 heavy (non-hydrogen) atoms. The second kappa shape index (κ2) is 8.37. The summed E-state index contributed by atoms with van der Waals surface area (Å²) in [6.07, 6.45) is 2.98. The van der Waals surface area contributed by atoms with E-state index < -0.39 is 17.7 Å². The van der Waals surface area contributed by atoms with Crippen molar-refractivity contribution in [3.8, 4) is 0 Å². The molecule has 0 saturated carbocycles. The highest BCUT2D eigenvalue weighted by Gasteiger charge is 2.16. The third-order valence-electron chi connectivity index (χ3n) is 3.40. The molecule has 0 fully saturated rings. The zero-order valence-corrected chi connectivity index (χ0v) is 15.5. The van der Waals surface area contributed by atoms with Gasteiger partial charge in [-0.1, -0.05) is 24.3 Å². The van der Waals surface area contributed by atoms with Crippen LogP contribution in [0.25, 0.3) is 0 Å². The maximum atomic E-state index is 11.8. The van der Waals surface area contributed by atoms with Crippen LogP contribution in [0.5, 0.6) is 0 Å². The van der Waals surface area contributed by atoms with Crippen LogP contribution in [-0.4, -0.2) is 27.3 Å². The van der Waals surface area contributed by atoms with Crippen LogP contribution in [0.15, 0.2) is 36.7 Å². The van der Waals surface area contributed by atoms with Gasteiger partial charge in [-0.3, -0.25) is 0 Å². The summed E-state index contributed by atoms with van der Waals surface area (Å²) in [5.41, 5.74) is 5.87. The molecular weight excluding hydrogens is 334 g/mol. The molecule has 8 nitrogen and oxygen atoms in total. The number of aromatic nitrogens is 2. The number of rotatable bonds is 4. The Kier molecular flexibility index (Phi) is 6.21. The minimum atomic E-state index is -0.717. The van der Waals surface area contributed by atoms with Crippen LogP contribution in [0, 0.1) is 6.92 Å². The van der Waals surface area contributed by atoms with Gasteiger partial charge in [0.2, 0.25) is 0 Å². The molecule has 1 heterocycles. The van der Waals surface area contributed by atoms with E-state index in [0.29, 0.717) is 13.1 Å². The van der Waals surface area contributed by atoms with Gasteiger partial charge in [0, 0.05) is 25.5 Å². The molecule has 0 spiro atoms. The molecule has 0 aliphatic heterocycles. The lowest BCUT2D eigenvalue weighted by Gasteiger charge is -2.19. The fourth-order valence-electron chi connectivity index (χ4n) is 2.24. The monoisotopic (exact) mass is 359 g/mol. The van der Waals surface area contributed by atoms with Crippen molar-refractivity contribution in [2.24, 2.45) is 0 Å². The van der Waals surface area contributed by atoms with Gasteiger partial charge < -0.3 is 14.6 Å². The average molecular weight is 359 g/mol. The Morgan fingerprint density at radius 1 is 1.19 bits per heavy atom. The molecule has 0 aliphatic rings. The van der Waals surface area contributed by atoms with E-state index in [-0.39, 0.29) is 0 Å². The lowest BCUT2D eigenvalue weighted by molar-refractivity contribution is 0.0505. The zero-order chi connectivity index (χ0) is 19.2. The first-order chi connectivity index (χ1) is 12.2. The first-order valence-electron chi connectivity index (χ1n) is 8.31. The Labute approximate surface area is 152 Å². The van der Waals surface area contributed by atoms with Gasteiger partial charge in [0.15, 0.2) is 0 Å². The number of benzene rings is 1. The molecule has 1 aromatic carbocycles. The normalized spacial score (nSPS) is 10.9. The molecule has 140 valence electrons. The number of carbonyl (C=O) groups excluding carboxylic acids is 2. The standard InChI is InChI=1S/C18H25N5O3/c1-13-19-8-9-23(13)12-15-7-5-6-14(10-15)11-20-16(24)21-22-17(25)26-18(2,3)4/h5-10H,11-12H2,1-4H3,(H,22,25)(H2,20,21,24). The number of hydrazine groups is 1. The van der Waals surface area contributed by atoms with Gasteiger partial charge in [-0.2, -0.15) is 0 Å². The first-order valence-corrected chi connectivity index (χ1v) is 8.31. The molecule has 0 bridgehead atoms. The number of imidazole rings is 1. The maximum absolute atomic E-state index is 11.8. The number of aryl methyl sites for hydroxylation is 1. The molecule has 2 rings (SSSR count). The number of nitrogens with zero attached hydrogens (tertiary/aromatic N) is 2. The number of amides is 3. The molecule has 1 aromatic heterocycles. The van der Waals surface area contributed by atoms with Gasteiger partial charge in [-0.25, -0.2) is 25.4 Å². The van der Waals surface area contributed by atoms with Gasteiger partial charge in [-0.05, 0) is 38.8 Å². The van der Waals surface area contributed by atoms with E-state index in [0.717, 1.165) is 17.0 Å². The van der Waals surface area contributed by atoms with Crippen molar-refractivity contribution < 1.29 is 14.3 Å². The van der Waals surface area contributed by atoms with Gasteiger partial charge in [0.25, 0.3) is 0 Å². The number of hydrogen-bond donors (Lipinski definition) is 3. The third-order valence-corrected chi connectivity index (χ3v) is 3.40. The van der Waals surface area contributed by atoms with Crippen LogP contribution in [0.3, 0.4) is 0 Å². The second-order valence-electron chi connectivity index (χ2n) is 6.86. The van der Waals surface area contributed by atoms with Crippen molar-refractivity contribution in [3.05, 3.63) is 53.6 Å². The van der Waals surface area contributed by atoms with Crippen LogP contribution in [-0.2, 0) is 17.8 Å². The summed E-state index contributed by atoms with van der Waals surface area (Å²) >= 11 is 0. The minimum Gasteiger partial charge on any atom is -0.443 e. The molecule has 2 aromatic rings. The number of nitrogens with one attached hydrogen (secondary N) is 3. The summed E-state index contributed by atoms with van der Waals surface area (Å²) in [5.74, 6) is 0.945. The van der Waals surface area contributed by atoms with E-state index in [9.17, 15) is 9.59 Å². The van der Waals surface area contributed by atoms with Crippen molar-refractivity contribution >= 4 is 12.1 Å². The van der Waals surface area contributed by atoms with Gasteiger partial charge in [-0.15, -0.1) is 0 Å². The van der Waals surface area contributed by atoms with Crippen LogP contribution in [0.1, 0.15) is 37.7 Å². The Hall–Kier alpha value is -3.03. The largest absolute Gasteiger partial charge is 0.443 e. The Morgan fingerprint density at radius 2 is 1.92 bits per heavy atom. The van der Waals surface area contributed by atoms with Crippen molar-refractivity contribution in [1.82, 2.24) is 25.7 Å². The van der Waals surface area contributed by atoms with Crippen LogP contribution in [0.2, 0.25) is 0 Å². The zero-order valence-electron chi connectivity index (χ0n) is 15.5. The summed E-state index contributed by atoms with van der Waals surface area (Å²) in [7, 11) is 0. The van der Waals surface area contributed by atoms with Gasteiger partial charge in [0.1, 0.15) is 11.4 Å². The summed E-state index contributed by atoms with van der Waals surface area (Å²) in [4.78, 5) is 27.4. The predicted octanol–water partition coefficient (Wildman–Crippen LogP) is 2.48. The molecular formula is C18H25N5O3. The molecule has 0 radical (unpaired) electrons. The summed E-state index contributed by atoms with van der Waals surface area (Å²) in [6.45, 7) is 8.22. The Morgan fingerprint density at radius 3 is 2.58 bits per heavy atom. The highest BCUT2D eigenvalue weighted by molar-refractivity contribution is 5.77. The minimum absolute atomic E-state index is 0.332. The van der Waals surface area contributed by atoms with E-state index in [4.69, 9.17) is 4.74 Å². The van der Waals surface area contributed by atoms with Crippen LogP contribution in [0.4, 0.5) is 9.59 Å². The van der Waals surface area contributed by atoms with E-state index in [1.165, 1.54) is 0 Å². The number of hydrogen-bond acceptors (Lipinski definition) is 4. The Balaban J connectivity index is 1.80. The highest BCUT2D eigenvalue weighted by Crippen LogP contribution is 2.09. The summed E-state index contributed by atoms with van der Waals surface area (Å²) in [6, 6.07) is 7.38. The SMILES string of the molecule is Cc1nccn1Cc1cccc(CNC(=O)NNC(=O)OC(C)(C)C)c1. The van der Waals surface area contributed by atoms with Crippen LogP contribution >= 0.6 is 0 Å². The van der Waals surface area contributed by atoms with Gasteiger partial charge >= 0.3 is 12.1 Å². The topological polar surface area (TPSA) is 97.3 Å². The fourth-order valence-corrected chi connectivity index (χ4v) is 2.24. The molecule has 0 saturated heterocycles. The van der Waals surface area contributed by atoms with E-state index >= 15 is 0 Å². The molecule has 3 amide bonds. The third kappa shape index (κ3) is 6.46. The molecule has 0 atom stereocenters. The Bertz CT molecular complexity index is 764. The predicted molar refractivity (Wildman–Crippen MR) is 97.2 cm³/mol. The molecule has 3 N–H and O–H groups in total. The van der Waals surface area contributed by atoms with Gasteiger partial charge in [0.05, 0.1) is 0 Å². The maximum Gasteiger partial charge on any atom is 0.426 e. The van der Waals surface area contributed by atoms with E-state index in [1.54, 1.807) is 27.0 Å². The lowest BCUT2D eigenvalue weighted by Crippen LogP contribution is -2.48. The van der Waals surface area contributed by atoms with Crippen molar-refractivity contribution in [3.63, 3.8) is 0 Å². The lowest BCUT2D eigenvalue weighted by atomic mass is 10.1. The van der Waals surface area contributed by atoms with E-state index in [2.05, 4.69) is 21.2 Å². The van der Waals surface area contributed by atoms with Crippen molar-refractivity contribution in [2.45, 2.75) is 46.4 Å². The average Bonchev–Trinajstić information content (AvgIpc) is 2.95. The second-order valence-corrected chi connectivity index (χ2v) is 6.86. The highest BCUT2D eigenvalue weighted by atomic mass is 16.6. The molecule has 8 heteroatoms. The smallest absolute Gasteiger partial charge is 0.426 e.